The van der Waals surface area contributed by atoms with Gasteiger partial charge in [0.2, 0.25) is 5.91 Å². The van der Waals surface area contributed by atoms with Crippen molar-refractivity contribution in [1.29, 1.82) is 0 Å². The van der Waals surface area contributed by atoms with Crippen LogP contribution in [0.15, 0.2) is 48.5 Å². The summed E-state index contributed by atoms with van der Waals surface area (Å²) in [5.74, 6) is 0.128. The topological polar surface area (TPSA) is 61.4 Å². The zero-order chi connectivity index (χ0) is 23.0. The normalized spacial score (nSPS) is 28.3. The summed E-state index contributed by atoms with van der Waals surface area (Å²) in [4.78, 5) is 27.7. The highest BCUT2D eigenvalue weighted by atomic mass is 35.5. The average molecular weight is 492 g/mol. The Morgan fingerprint density at radius 1 is 1.09 bits per heavy atom. The molecule has 0 spiro atoms. The molecule has 2 heterocycles. The maximum atomic E-state index is 14.0. The predicted octanol–water partition coefficient (Wildman–Crippen LogP) is 6.14. The molecule has 170 valence electrons. The van der Waals surface area contributed by atoms with Crippen molar-refractivity contribution in [2.45, 2.75) is 57.8 Å². The lowest BCUT2D eigenvalue weighted by Gasteiger charge is -2.51. The summed E-state index contributed by atoms with van der Waals surface area (Å²) in [6.07, 6.45) is 0.905. The number of rotatable bonds is 5. The molecule has 1 unspecified atom stereocenters. The van der Waals surface area contributed by atoms with Crippen molar-refractivity contribution in [2.24, 2.45) is 5.41 Å². The second kappa shape index (κ2) is 9.26. The zero-order valence-electron chi connectivity index (χ0n) is 18.3. The first-order valence-corrected chi connectivity index (χ1v) is 12.3. The minimum Gasteiger partial charge on any atom is -0.332 e. The molecule has 0 aliphatic carbocycles. The molecule has 2 aliphatic heterocycles. The number of nitrogens with zero attached hydrogens (tertiary/aromatic N) is 1. The largest absolute Gasteiger partial charge is 0.332 e. The third-order valence-corrected chi connectivity index (χ3v) is 7.58. The molecule has 5 nitrogen and oxygen atoms in total. The van der Waals surface area contributed by atoms with Gasteiger partial charge < -0.3 is 10.2 Å². The molecule has 2 N–H and O–H groups in total. The Balaban J connectivity index is 1.79. The van der Waals surface area contributed by atoms with Crippen LogP contribution < -0.4 is 10.0 Å². The molecule has 8 heteroatoms. The van der Waals surface area contributed by atoms with Crippen LogP contribution in [0.4, 0.5) is 4.79 Å². The second-order valence-corrected chi connectivity index (χ2v) is 10.8. The molecule has 2 aromatic rings. The standard InChI is InChI=1S/C24H27Cl2N3O2S/c1-14(2)29-21(15-7-9-17(25)10-8-15)19(16-5-4-6-18(26)11-16)12-24(3,22(29)30)13-20-27-23(31)32-28-20/h4-11,14,19-21,28H,12-13H2,1-3H3,(H,27,31)/t19-,20?,21-,24-/m1/s1. The van der Waals surface area contributed by atoms with Crippen LogP contribution in [0.5, 0.6) is 0 Å². The number of piperidine rings is 1. The molecule has 0 aromatic heterocycles. The molecule has 0 radical (unpaired) electrons. The quantitative estimate of drug-likeness (QED) is 0.492. The Kier molecular flexibility index (Phi) is 6.78. The van der Waals surface area contributed by atoms with Crippen LogP contribution >= 0.6 is 35.1 Å². The lowest BCUT2D eigenvalue weighted by Crippen LogP contribution is -2.56. The van der Waals surface area contributed by atoms with Gasteiger partial charge in [0.15, 0.2) is 0 Å². The highest BCUT2D eigenvalue weighted by molar-refractivity contribution is 8.12. The maximum Gasteiger partial charge on any atom is 0.295 e. The Morgan fingerprint density at radius 2 is 1.81 bits per heavy atom. The summed E-state index contributed by atoms with van der Waals surface area (Å²) in [7, 11) is 0. The number of carbonyl (C=O) groups is 2. The van der Waals surface area contributed by atoms with E-state index in [4.69, 9.17) is 23.2 Å². The monoisotopic (exact) mass is 491 g/mol. The molecule has 2 fully saturated rings. The number of carbonyl (C=O) groups excluding carboxylic acids is 2. The predicted molar refractivity (Wildman–Crippen MR) is 131 cm³/mol. The zero-order valence-corrected chi connectivity index (χ0v) is 20.6. The summed E-state index contributed by atoms with van der Waals surface area (Å²) < 4.78 is 3.11. The molecule has 4 atom stereocenters. The number of halogens is 2. The van der Waals surface area contributed by atoms with Crippen molar-refractivity contribution in [2.75, 3.05) is 0 Å². The van der Waals surface area contributed by atoms with E-state index in [1.165, 1.54) is 0 Å². The second-order valence-electron chi connectivity index (χ2n) is 9.14. The van der Waals surface area contributed by atoms with E-state index in [2.05, 4.69) is 16.1 Å². The highest BCUT2D eigenvalue weighted by Crippen LogP contribution is 2.52. The van der Waals surface area contributed by atoms with E-state index in [0.29, 0.717) is 22.9 Å². The van der Waals surface area contributed by atoms with Crippen molar-refractivity contribution in [3.05, 3.63) is 69.7 Å². The van der Waals surface area contributed by atoms with Crippen LogP contribution in [-0.2, 0) is 4.79 Å². The molecule has 2 amide bonds. The van der Waals surface area contributed by atoms with Crippen LogP contribution in [0.3, 0.4) is 0 Å². The fourth-order valence-corrected chi connectivity index (χ4v) is 5.92. The summed E-state index contributed by atoms with van der Waals surface area (Å²) >= 11 is 13.6. The molecule has 2 aromatic carbocycles. The third kappa shape index (κ3) is 4.65. The van der Waals surface area contributed by atoms with Gasteiger partial charge in [-0.3, -0.25) is 9.59 Å². The first-order valence-electron chi connectivity index (χ1n) is 10.7. The molecular weight excluding hydrogens is 465 g/mol. The van der Waals surface area contributed by atoms with Crippen molar-refractivity contribution in [1.82, 2.24) is 14.9 Å². The molecule has 2 aliphatic rings. The van der Waals surface area contributed by atoms with Crippen molar-refractivity contribution in [3.63, 3.8) is 0 Å². The van der Waals surface area contributed by atoms with Crippen LogP contribution in [0.1, 0.15) is 56.7 Å². The molecule has 0 bridgehead atoms. The van der Waals surface area contributed by atoms with Gasteiger partial charge in [0.05, 0.1) is 17.6 Å². The van der Waals surface area contributed by atoms with Gasteiger partial charge in [-0.15, -0.1) is 0 Å². The first-order chi connectivity index (χ1) is 15.2. The Bertz CT molecular complexity index is 1020. The van der Waals surface area contributed by atoms with E-state index in [1.54, 1.807) is 0 Å². The van der Waals surface area contributed by atoms with E-state index in [0.717, 1.165) is 23.1 Å². The van der Waals surface area contributed by atoms with E-state index in [1.807, 2.05) is 68.1 Å². The molecule has 4 rings (SSSR count). The summed E-state index contributed by atoms with van der Waals surface area (Å²) in [5.41, 5.74) is 1.49. The van der Waals surface area contributed by atoms with Gasteiger partial charge in [0.25, 0.3) is 5.24 Å². The van der Waals surface area contributed by atoms with Gasteiger partial charge in [-0.2, -0.15) is 0 Å². The SMILES string of the molecule is CC(C)N1C(=O)[C@@](C)(CC2NSC(=O)N2)C[C@H](c2cccc(Cl)c2)[C@H]1c1ccc(Cl)cc1. The number of amides is 2. The minimum atomic E-state index is -0.657. The van der Waals surface area contributed by atoms with E-state index in [9.17, 15) is 9.59 Å². The number of hydrogen-bond acceptors (Lipinski definition) is 4. The van der Waals surface area contributed by atoms with Crippen LogP contribution in [0, 0.1) is 5.41 Å². The highest BCUT2D eigenvalue weighted by Gasteiger charge is 2.51. The van der Waals surface area contributed by atoms with Gasteiger partial charge in [-0.05, 0) is 62.1 Å². The fourth-order valence-electron chi connectivity index (χ4n) is 5.00. The minimum absolute atomic E-state index is 0.00927. The van der Waals surface area contributed by atoms with Gasteiger partial charge in [-0.25, -0.2) is 4.72 Å². The summed E-state index contributed by atoms with van der Waals surface area (Å²) in [6, 6.07) is 15.5. The molecule has 2 saturated heterocycles. The number of nitrogens with one attached hydrogen (secondary N) is 2. The van der Waals surface area contributed by atoms with Gasteiger partial charge >= 0.3 is 0 Å². The average Bonchev–Trinajstić information content (AvgIpc) is 3.14. The van der Waals surface area contributed by atoms with Crippen molar-refractivity contribution in [3.8, 4) is 0 Å². The van der Waals surface area contributed by atoms with E-state index < -0.39 is 5.41 Å². The van der Waals surface area contributed by atoms with Crippen LogP contribution in [0.25, 0.3) is 0 Å². The van der Waals surface area contributed by atoms with Gasteiger partial charge in [0.1, 0.15) is 0 Å². The first kappa shape index (κ1) is 23.4. The smallest absolute Gasteiger partial charge is 0.295 e. The number of likely N-dealkylation sites (tertiary alicyclic amines) is 1. The van der Waals surface area contributed by atoms with Crippen molar-refractivity contribution >= 4 is 46.3 Å². The number of hydrogen-bond donors (Lipinski definition) is 2. The Hall–Kier alpha value is -1.73. The number of benzene rings is 2. The van der Waals surface area contributed by atoms with E-state index >= 15 is 0 Å². The molecular formula is C24H27Cl2N3O2S. The van der Waals surface area contributed by atoms with Gasteiger partial charge in [-0.1, -0.05) is 54.4 Å². The fraction of sp³-hybridized carbons (Fsp3) is 0.417. The van der Waals surface area contributed by atoms with Crippen molar-refractivity contribution < 1.29 is 9.59 Å². The maximum absolute atomic E-state index is 14.0. The Labute approximate surface area is 203 Å². The Morgan fingerprint density at radius 3 is 2.41 bits per heavy atom. The lowest BCUT2D eigenvalue weighted by atomic mass is 9.66. The third-order valence-electron chi connectivity index (χ3n) is 6.39. The summed E-state index contributed by atoms with van der Waals surface area (Å²) in [5, 5.41) is 4.13. The lowest BCUT2D eigenvalue weighted by molar-refractivity contribution is -0.154. The molecule has 32 heavy (non-hydrogen) atoms. The van der Waals surface area contributed by atoms with Gasteiger partial charge in [0, 0.05) is 34.0 Å². The molecule has 0 saturated carbocycles. The van der Waals surface area contributed by atoms with Crippen LogP contribution in [0.2, 0.25) is 10.0 Å². The summed E-state index contributed by atoms with van der Waals surface area (Å²) in [6.45, 7) is 6.11. The van der Waals surface area contributed by atoms with E-state index in [-0.39, 0.29) is 35.3 Å². The van der Waals surface area contributed by atoms with Crippen LogP contribution in [-0.4, -0.2) is 28.3 Å².